The summed E-state index contributed by atoms with van der Waals surface area (Å²) in [5, 5.41) is 0. The Kier molecular flexibility index (Phi) is 6.22. The van der Waals surface area contributed by atoms with Crippen LogP contribution in [0.25, 0.3) is 0 Å². The molecule has 1 atom stereocenters. The van der Waals surface area contributed by atoms with E-state index in [1.807, 2.05) is 20.8 Å². The van der Waals surface area contributed by atoms with E-state index in [1.165, 1.54) is 12.1 Å². The van der Waals surface area contributed by atoms with E-state index in [-0.39, 0.29) is 17.9 Å². The van der Waals surface area contributed by atoms with E-state index in [4.69, 9.17) is 10.5 Å². The molecule has 0 aromatic heterocycles. The SMILES string of the molecule is CCC(N)Cc1cc(F)c(OC(CC)CC)c(F)c1. The standard InChI is InChI=1S/C15H23F2NO/c1-4-11(18)7-10-8-13(16)15(14(17)9-10)19-12(5-2)6-3/h8-9,11-12H,4-7,18H2,1-3H3. The molecule has 0 bridgehead atoms. The van der Waals surface area contributed by atoms with Gasteiger partial charge in [-0.05, 0) is 43.4 Å². The van der Waals surface area contributed by atoms with Crippen molar-refractivity contribution in [3.63, 3.8) is 0 Å². The lowest BCUT2D eigenvalue weighted by Gasteiger charge is -2.17. The van der Waals surface area contributed by atoms with Gasteiger partial charge >= 0.3 is 0 Å². The second kappa shape index (κ2) is 7.43. The molecule has 1 unspecified atom stereocenters. The van der Waals surface area contributed by atoms with Gasteiger partial charge in [0.05, 0.1) is 6.10 Å². The smallest absolute Gasteiger partial charge is 0.191 e. The Hall–Kier alpha value is -1.16. The zero-order valence-corrected chi connectivity index (χ0v) is 11.9. The van der Waals surface area contributed by atoms with Gasteiger partial charge in [-0.25, -0.2) is 8.78 Å². The van der Waals surface area contributed by atoms with Crippen LogP contribution in [0.4, 0.5) is 8.78 Å². The monoisotopic (exact) mass is 271 g/mol. The second-order valence-corrected chi connectivity index (χ2v) is 4.82. The third kappa shape index (κ3) is 4.46. The molecule has 0 aliphatic carbocycles. The maximum atomic E-state index is 13.9. The fourth-order valence-corrected chi connectivity index (χ4v) is 1.91. The average molecular weight is 271 g/mol. The van der Waals surface area contributed by atoms with Crippen molar-refractivity contribution in [3.05, 3.63) is 29.3 Å². The number of hydrogen-bond donors (Lipinski definition) is 1. The second-order valence-electron chi connectivity index (χ2n) is 4.82. The van der Waals surface area contributed by atoms with Crippen LogP contribution in [0.2, 0.25) is 0 Å². The van der Waals surface area contributed by atoms with Gasteiger partial charge < -0.3 is 10.5 Å². The van der Waals surface area contributed by atoms with Crippen molar-refractivity contribution in [3.8, 4) is 5.75 Å². The zero-order valence-electron chi connectivity index (χ0n) is 11.9. The van der Waals surface area contributed by atoms with E-state index in [1.54, 1.807) is 0 Å². The first-order valence-electron chi connectivity index (χ1n) is 6.91. The molecule has 19 heavy (non-hydrogen) atoms. The highest BCUT2D eigenvalue weighted by Gasteiger charge is 2.16. The summed E-state index contributed by atoms with van der Waals surface area (Å²) in [6.45, 7) is 5.80. The number of rotatable bonds is 7. The molecule has 2 N–H and O–H groups in total. The fraction of sp³-hybridized carbons (Fsp3) is 0.600. The quantitative estimate of drug-likeness (QED) is 0.818. The van der Waals surface area contributed by atoms with Crippen molar-refractivity contribution < 1.29 is 13.5 Å². The Morgan fingerprint density at radius 1 is 1.05 bits per heavy atom. The Morgan fingerprint density at radius 2 is 1.58 bits per heavy atom. The van der Waals surface area contributed by atoms with Crippen molar-refractivity contribution in [1.29, 1.82) is 0 Å². The van der Waals surface area contributed by atoms with E-state index in [2.05, 4.69) is 0 Å². The number of ether oxygens (including phenoxy) is 1. The molecule has 0 fully saturated rings. The summed E-state index contributed by atoms with van der Waals surface area (Å²) < 4.78 is 33.2. The van der Waals surface area contributed by atoms with Crippen molar-refractivity contribution >= 4 is 0 Å². The Balaban J connectivity index is 2.90. The molecule has 2 nitrogen and oxygen atoms in total. The third-order valence-electron chi connectivity index (χ3n) is 3.28. The molecule has 4 heteroatoms. The highest BCUT2D eigenvalue weighted by atomic mass is 19.1. The molecule has 0 spiro atoms. The first kappa shape index (κ1) is 15.9. The molecule has 1 rings (SSSR count). The third-order valence-corrected chi connectivity index (χ3v) is 3.28. The summed E-state index contributed by atoms with van der Waals surface area (Å²) in [6, 6.07) is 2.55. The Morgan fingerprint density at radius 3 is 2.00 bits per heavy atom. The minimum Gasteiger partial charge on any atom is -0.484 e. The van der Waals surface area contributed by atoms with Crippen molar-refractivity contribution in [2.24, 2.45) is 5.73 Å². The van der Waals surface area contributed by atoms with E-state index in [0.717, 1.165) is 19.3 Å². The normalized spacial score (nSPS) is 12.8. The zero-order chi connectivity index (χ0) is 14.4. The summed E-state index contributed by atoms with van der Waals surface area (Å²) in [7, 11) is 0. The highest BCUT2D eigenvalue weighted by Crippen LogP contribution is 2.26. The van der Waals surface area contributed by atoms with Crippen LogP contribution in [0, 0.1) is 11.6 Å². The molecule has 0 amide bonds. The Labute approximate surface area is 114 Å². The number of nitrogens with two attached hydrogens (primary N) is 1. The maximum absolute atomic E-state index is 13.9. The van der Waals surface area contributed by atoms with Gasteiger partial charge in [-0.1, -0.05) is 20.8 Å². The van der Waals surface area contributed by atoms with Crippen LogP contribution in [0.3, 0.4) is 0 Å². The van der Waals surface area contributed by atoms with E-state index >= 15 is 0 Å². The Bertz CT molecular complexity index is 382. The lowest BCUT2D eigenvalue weighted by molar-refractivity contribution is 0.175. The highest BCUT2D eigenvalue weighted by molar-refractivity contribution is 5.32. The van der Waals surface area contributed by atoms with Crippen LogP contribution in [0.1, 0.15) is 45.6 Å². The van der Waals surface area contributed by atoms with Crippen LogP contribution in [-0.4, -0.2) is 12.1 Å². The van der Waals surface area contributed by atoms with Gasteiger partial charge in [-0.2, -0.15) is 0 Å². The van der Waals surface area contributed by atoms with Crippen molar-refractivity contribution in [2.45, 2.75) is 58.6 Å². The van der Waals surface area contributed by atoms with Crippen LogP contribution < -0.4 is 10.5 Å². The van der Waals surface area contributed by atoms with E-state index < -0.39 is 11.6 Å². The first-order chi connectivity index (χ1) is 9.01. The summed E-state index contributed by atoms with van der Waals surface area (Å²) in [4.78, 5) is 0. The largest absolute Gasteiger partial charge is 0.484 e. The van der Waals surface area contributed by atoms with Gasteiger partial charge in [0.25, 0.3) is 0 Å². The lowest BCUT2D eigenvalue weighted by Crippen LogP contribution is -2.21. The summed E-state index contributed by atoms with van der Waals surface area (Å²) >= 11 is 0. The molecule has 0 heterocycles. The van der Waals surface area contributed by atoms with Gasteiger partial charge in [-0.3, -0.25) is 0 Å². The molecule has 0 saturated carbocycles. The van der Waals surface area contributed by atoms with Crippen molar-refractivity contribution in [1.82, 2.24) is 0 Å². The molecule has 1 aromatic carbocycles. The maximum Gasteiger partial charge on any atom is 0.191 e. The van der Waals surface area contributed by atoms with Crippen LogP contribution in [-0.2, 0) is 6.42 Å². The number of hydrogen-bond acceptors (Lipinski definition) is 2. The molecular formula is C15H23F2NO. The van der Waals surface area contributed by atoms with Gasteiger partial charge in [0.2, 0.25) is 0 Å². The lowest BCUT2D eigenvalue weighted by atomic mass is 10.0. The molecule has 0 aliphatic heterocycles. The minimum absolute atomic E-state index is 0.0791. The number of benzene rings is 1. The predicted octanol–water partition coefficient (Wildman–Crippen LogP) is 3.81. The van der Waals surface area contributed by atoms with Crippen LogP contribution in [0.5, 0.6) is 5.75 Å². The van der Waals surface area contributed by atoms with Gasteiger partial charge in [0.15, 0.2) is 17.4 Å². The first-order valence-corrected chi connectivity index (χ1v) is 6.91. The average Bonchev–Trinajstić information content (AvgIpc) is 2.38. The van der Waals surface area contributed by atoms with E-state index in [0.29, 0.717) is 12.0 Å². The summed E-state index contributed by atoms with van der Waals surface area (Å²) in [6.07, 6.45) is 2.52. The number of halogens is 2. The van der Waals surface area contributed by atoms with Gasteiger partial charge in [0.1, 0.15) is 0 Å². The van der Waals surface area contributed by atoms with Gasteiger partial charge in [0, 0.05) is 6.04 Å². The summed E-state index contributed by atoms with van der Waals surface area (Å²) in [5.41, 5.74) is 6.36. The minimum atomic E-state index is -0.648. The predicted molar refractivity (Wildman–Crippen MR) is 73.3 cm³/mol. The van der Waals surface area contributed by atoms with E-state index in [9.17, 15) is 8.78 Å². The molecule has 0 radical (unpaired) electrons. The molecule has 0 aliphatic rings. The molecule has 0 saturated heterocycles. The van der Waals surface area contributed by atoms with Gasteiger partial charge in [-0.15, -0.1) is 0 Å². The topological polar surface area (TPSA) is 35.2 Å². The van der Waals surface area contributed by atoms with Crippen molar-refractivity contribution in [2.75, 3.05) is 0 Å². The molecule has 108 valence electrons. The van der Waals surface area contributed by atoms with Crippen LogP contribution in [0.15, 0.2) is 12.1 Å². The fourth-order valence-electron chi connectivity index (χ4n) is 1.91. The molecular weight excluding hydrogens is 248 g/mol. The molecule has 1 aromatic rings. The summed E-state index contributed by atoms with van der Waals surface area (Å²) in [5.74, 6) is -1.57. The van der Waals surface area contributed by atoms with Crippen LogP contribution >= 0.6 is 0 Å².